The highest BCUT2D eigenvalue weighted by molar-refractivity contribution is 5.69. The van der Waals surface area contributed by atoms with Gasteiger partial charge in [0.2, 0.25) is 0 Å². The number of esters is 1. The molecule has 6 nitrogen and oxygen atoms in total. The van der Waals surface area contributed by atoms with Crippen LogP contribution >= 0.6 is 0 Å². The smallest absolute Gasteiger partial charge is 0.308 e. The number of carbonyl (C=O) groups is 1. The Kier molecular flexibility index (Phi) is 6.07. The van der Waals surface area contributed by atoms with Gasteiger partial charge < -0.3 is 19.1 Å². The molecule has 132 valence electrons. The van der Waals surface area contributed by atoms with E-state index in [4.69, 9.17) is 14.2 Å². The van der Waals surface area contributed by atoms with Gasteiger partial charge in [-0.25, -0.2) is 0 Å². The molecule has 0 amide bonds. The van der Waals surface area contributed by atoms with Crippen molar-refractivity contribution in [3.05, 3.63) is 30.3 Å². The van der Waals surface area contributed by atoms with Crippen molar-refractivity contribution in [2.75, 3.05) is 57.9 Å². The van der Waals surface area contributed by atoms with Gasteiger partial charge in [0.05, 0.1) is 39.0 Å². The lowest BCUT2D eigenvalue weighted by atomic mass is 10.1. The quantitative estimate of drug-likeness (QED) is 0.753. The van der Waals surface area contributed by atoms with E-state index in [9.17, 15) is 4.79 Å². The number of para-hydroxylation sites is 1. The van der Waals surface area contributed by atoms with Crippen LogP contribution in [0.5, 0.6) is 0 Å². The molecule has 2 saturated heterocycles. The molecular weight excluding hydrogens is 308 g/mol. The van der Waals surface area contributed by atoms with Crippen LogP contribution in [0.25, 0.3) is 0 Å². The number of ether oxygens (including phenoxy) is 3. The molecule has 1 aromatic carbocycles. The maximum Gasteiger partial charge on any atom is 0.308 e. The summed E-state index contributed by atoms with van der Waals surface area (Å²) in [5.74, 6) is -0.217. The summed E-state index contributed by atoms with van der Waals surface area (Å²) in [5, 5.41) is 0. The van der Waals surface area contributed by atoms with Gasteiger partial charge in [-0.15, -0.1) is 0 Å². The summed E-state index contributed by atoms with van der Waals surface area (Å²) in [6.07, 6.45) is 0.408. The topological polar surface area (TPSA) is 51.2 Å². The van der Waals surface area contributed by atoms with E-state index in [-0.39, 0.29) is 18.2 Å². The summed E-state index contributed by atoms with van der Waals surface area (Å²) >= 11 is 0. The Balaban J connectivity index is 1.51. The Hall–Kier alpha value is -1.63. The summed E-state index contributed by atoms with van der Waals surface area (Å²) in [5.41, 5.74) is 1.25. The molecule has 1 aromatic rings. The number of hydrogen-bond acceptors (Lipinski definition) is 6. The lowest BCUT2D eigenvalue weighted by Gasteiger charge is -2.39. The lowest BCUT2D eigenvalue weighted by Crippen LogP contribution is -2.51. The zero-order valence-electron chi connectivity index (χ0n) is 14.2. The van der Waals surface area contributed by atoms with Crippen LogP contribution < -0.4 is 4.90 Å². The Labute approximate surface area is 143 Å². The number of morpholine rings is 2. The Morgan fingerprint density at radius 1 is 1.12 bits per heavy atom. The van der Waals surface area contributed by atoms with Crippen molar-refractivity contribution in [2.45, 2.75) is 18.6 Å². The highest BCUT2D eigenvalue weighted by Gasteiger charge is 2.27. The minimum absolute atomic E-state index is 0.0833. The Morgan fingerprint density at radius 2 is 1.88 bits per heavy atom. The van der Waals surface area contributed by atoms with Crippen molar-refractivity contribution < 1.29 is 19.0 Å². The normalized spacial score (nSPS) is 25.5. The fraction of sp³-hybridized carbons (Fsp3) is 0.611. The van der Waals surface area contributed by atoms with E-state index in [0.29, 0.717) is 13.0 Å². The lowest BCUT2D eigenvalue weighted by molar-refractivity contribution is -0.146. The highest BCUT2D eigenvalue weighted by atomic mass is 16.5. The van der Waals surface area contributed by atoms with Crippen LogP contribution in [0.2, 0.25) is 0 Å². The van der Waals surface area contributed by atoms with E-state index in [2.05, 4.69) is 34.1 Å². The second-order valence-corrected chi connectivity index (χ2v) is 6.31. The maximum atomic E-state index is 11.4. The first kappa shape index (κ1) is 17.2. The van der Waals surface area contributed by atoms with Gasteiger partial charge in [-0.1, -0.05) is 18.2 Å². The molecule has 2 heterocycles. The summed E-state index contributed by atoms with van der Waals surface area (Å²) < 4.78 is 16.4. The van der Waals surface area contributed by atoms with E-state index in [1.807, 2.05) is 6.07 Å². The third-order valence-corrected chi connectivity index (χ3v) is 4.57. The average Bonchev–Trinajstić information content (AvgIpc) is 2.63. The van der Waals surface area contributed by atoms with Gasteiger partial charge in [0, 0.05) is 38.4 Å². The van der Waals surface area contributed by atoms with Crippen LogP contribution in [0.15, 0.2) is 30.3 Å². The van der Waals surface area contributed by atoms with Crippen LogP contribution in [0, 0.1) is 0 Å². The number of methoxy groups -OCH3 is 1. The summed E-state index contributed by atoms with van der Waals surface area (Å²) in [6, 6.07) is 10.5. The molecule has 0 unspecified atom stereocenters. The maximum absolute atomic E-state index is 11.4. The number of nitrogens with zero attached hydrogens (tertiary/aromatic N) is 2. The standard InChI is InChI=1S/C18H26N2O4/c1-22-18(21)11-16-12-19(7-9-23-16)13-17-14-20(8-10-24-17)15-5-3-2-4-6-15/h2-6,16-17H,7-14H2,1H3/t16-,17-/m1/s1. The SMILES string of the molecule is COC(=O)C[C@@H]1CN(C[C@@H]2CN(c3ccccc3)CCO2)CCO1. The van der Waals surface area contributed by atoms with Gasteiger partial charge in [-0.05, 0) is 12.1 Å². The zero-order valence-corrected chi connectivity index (χ0v) is 14.2. The first-order chi connectivity index (χ1) is 11.7. The predicted octanol–water partition coefficient (Wildman–Crippen LogP) is 1.16. The zero-order chi connectivity index (χ0) is 16.8. The second kappa shape index (κ2) is 8.46. The molecule has 2 aliphatic rings. The molecule has 2 aliphatic heterocycles. The Morgan fingerprint density at radius 3 is 2.67 bits per heavy atom. The number of hydrogen-bond donors (Lipinski definition) is 0. The molecule has 6 heteroatoms. The average molecular weight is 334 g/mol. The van der Waals surface area contributed by atoms with Crippen LogP contribution in [-0.4, -0.2) is 76.1 Å². The number of benzene rings is 1. The first-order valence-corrected chi connectivity index (χ1v) is 8.57. The molecule has 0 aliphatic carbocycles. The highest BCUT2D eigenvalue weighted by Crippen LogP contribution is 2.18. The molecule has 0 aromatic heterocycles. The van der Waals surface area contributed by atoms with E-state index in [0.717, 1.165) is 39.3 Å². The molecule has 0 radical (unpaired) electrons. The van der Waals surface area contributed by atoms with Gasteiger partial charge in [0.25, 0.3) is 0 Å². The molecule has 2 fully saturated rings. The van der Waals surface area contributed by atoms with Crippen LogP contribution in [0.4, 0.5) is 5.69 Å². The van der Waals surface area contributed by atoms with Crippen molar-refractivity contribution in [2.24, 2.45) is 0 Å². The fourth-order valence-corrected chi connectivity index (χ4v) is 3.33. The van der Waals surface area contributed by atoms with E-state index >= 15 is 0 Å². The van der Waals surface area contributed by atoms with Crippen molar-refractivity contribution in [1.29, 1.82) is 0 Å². The summed E-state index contributed by atoms with van der Waals surface area (Å²) in [4.78, 5) is 16.1. The van der Waals surface area contributed by atoms with E-state index < -0.39 is 0 Å². The third kappa shape index (κ3) is 4.69. The number of anilines is 1. The molecule has 0 spiro atoms. The Bertz CT molecular complexity index is 525. The van der Waals surface area contributed by atoms with Gasteiger partial charge >= 0.3 is 5.97 Å². The van der Waals surface area contributed by atoms with Crippen LogP contribution in [0.1, 0.15) is 6.42 Å². The van der Waals surface area contributed by atoms with Crippen molar-refractivity contribution in [3.63, 3.8) is 0 Å². The van der Waals surface area contributed by atoms with Gasteiger partial charge in [-0.3, -0.25) is 9.69 Å². The predicted molar refractivity (Wildman–Crippen MR) is 91.2 cm³/mol. The molecular formula is C18H26N2O4. The molecule has 0 saturated carbocycles. The minimum atomic E-state index is -0.217. The fourth-order valence-electron chi connectivity index (χ4n) is 3.33. The van der Waals surface area contributed by atoms with Crippen molar-refractivity contribution >= 4 is 11.7 Å². The van der Waals surface area contributed by atoms with Gasteiger partial charge in [-0.2, -0.15) is 0 Å². The summed E-state index contributed by atoms with van der Waals surface area (Å²) in [6.45, 7) is 5.71. The molecule has 0 bridgehead atoms. The van der Waals surface area contributed by atoms with Crippen molar-refractivity contribution in [3.8, 4) is 0 Å². The minimum Gasteiger partial charge on any atom is -0.469 e. The first-order valence-electron chi connectivity index (χ1n) is 8.57. The molecule has 3 rings (SSSR count). The van der Waals surface area contributed by atoms with Gasteiger partial charge in [0.15, 0.2) is 0 Å². The van der Waals surface area contributed by atoms with Gasteiger partial charge in [0.1, 0.15) is 0 Å². The van der Waals surface area contributed by atoms with Crippen LogP contribution in [0.3, 0.4) is 0 Å². The molecule has 0 N–H and O–H groups in total. The monoisotopic (exact) mass is 334 g/mol. The van der Waals surface area contributed by atoms with Crippen LogP contribution in [-0.2, 0) is 19.0 Å². The van der Waals surface area contributed by atoms with E-state index in [1.165, 1.54) is 12.8 Å². The molecule has 2 atom stereocenters. The van der Waals surface area contributed by atoms with Crippen molar-refractivity contribution in [1.82, 2.24) is 4.90 Å². The summed E-state index contributed by atoms with van der Waals surface area (Å²) in [7, 11) is 1.41. The van der Waals surface area contributed by atoms with E-state index in [1.54, 1.807) is 0 Å². The third-order valence-electron chi connectivity index (χ3n) is 4.57. The molecule has 24 heavy (non-hydrogen) atoms. The number of rotatable bonds is 5. The number of carbonyl (C=O) groups excluding carboxylic acids is 1. The largest absolute Gasteiger partial charge is 0.469 e. The second-order valence-electron chi connectivity index (χ2n) is 6.31.